The highest BCUT2D eigenvalue weighted by molar-refractivity contribution is 5.94. The van der Waals surface area contributed by atoms with E-state index in [1.165, 1.54) is 0 Å². The fourth-order valence-corrected chi connectivity index (χ4v) is 3.49. The first-order valence-corrected chi connectivity index (χ1v) is 9.14. The zero-order chi connectivity index (χ0) is 18.4. The summed E-state index contributed by atoms with van der Waals surface area (Å²) in [5.74, 6) is 0.239. The molecular formula is C21H25N3O2. The van der Waals surface area contributed by atoms with Crippen molar-refractivity contribution in [2.24, 2.45) is 11.8 Å². The first-order valence-electron chi connectivity index (χ1n) is 9.14. The Morgan fingerprint density at radius 2 is 1.62 bits per heavy atom. The number of nitrogens with one attached hydrogen (secondary N) is 1. The second kappa shape index (κ2) is 8.61. The lowest BCUT2D eigenvalue weighted by Gasteiger charge is -2.30. The van der Waals surface area contributed by atoms with Crippen LogP contribution in [0.25, 0.3) is 0 Å². The van der Waals surface area contributed by atoms with E-state index < -0.39 is 0 Å². The van der Waals surface area contributed by atoms with Gasteiger partial charge >= 0.3 is 0 Å². The molecule has 26 heavy (non-hydrogen) atoms. The third kappa shape index (κ3) is 4.48. The maximum Gasteiger partial charge on any atom is 0.229 e. The van der Waals surface area contributed by atoms with Crippen LogP contribution in [0.15, 0.2) is 54.9 Å². The van der Waals surface area contributed by atoms with E-state index in [4.69, 9.17) is 0 Å². The summed E-state index contributed by atoms with van der Waals surface area (Å²) in [6.45, 7) is 0.525. The quantitative estimate of drug-likeness (QED) is 0.900. The van der Waals surface area contributed by atoms with E-state index >= 15 is 0 Å². The predicted octanol–water partition coefficient (Wildman–Crippen LogP) is 3.17. The maximum atomic E-state index is 12.7. The summed E-state index contributed by atoms with van der Waals surface area (Å²) in [5.41, 5.74) is 1.96. The molecule has 2 aromatic rings. The summed E-state index contributed by atoms with van der Waals surface area (Å²) in [4.78, 5) is 30.8. The number of aromatic nitrogens is 1. The van der Waals surface area contributed by atoms with Crippen LogP contribution >= 0.6 is 0 Å². The molecule has 1 aliphatic rings. The van der Waals surface area contributed by atoms with Gasteiger partial charge in [0.05, 0.1) is 0 Å². The van der Waals surface area contributed by atoms with Gasteiger partial charge in [0, 0.05) is 43.5 Å². The average molecular weight is 351 g/mol. The lowest BCUT2D eigenvalue weighted by atomic mass is 9.81. The Labute approximate surface area is 154 Å². The van der Waals surface area contributed by atoms with Crippen LogP contribution in [0, 0.1) is 11.8 Å². The maximum absolute atomic E-state index is 12.7. The number of pyridine rings is 1. The Kier molecular flexibility index (Phi) is 6.00. The fourth-order valence-electron chi connectivity index (χ4n) is 3.49. The minimum atomic E-state index is 0.00270. The molecule has 1 aromatic carbocycles. The van der Waals surface area contributed by atoms with E-state index in [-0.39, 0.29) is 23.7 Å². The number of para-hydroxylation sites is 1. The Morgan fingerprint density at radius 1 is 1.00 bits per heavy atom. The largest absolute Gasteiger partial charge is 0.352 e. The van der Waals surface area contributed by atoms with Gasteiger partial charge in [-0.3, -0.25) is 14.6 Å². The molecule has 1 aromatic heterocycles. The number of anilines is 1. The van der Waals surface area contributed by atoms with Crippen LogP contribution in [-0.2, 0) is 16.1 Å². The van der Waals surface area contributed by atoms with Gasteiger partial charge in [0.2, 0.25) is 11.8 Å². The standard InChI is InChI=1S/C21H25N3O2/c1-24(19-5-3-2-4-6-19)21(26)18-9-7-17(8-10-18)20(25)23-15-16-11-13-22-14-12-16/h2-6,11-14,17-18H,7-10,15H2,1H3,(H,23,25). The molecule has 0 bridgehead atoms. The molecule has 2 amide bonds. The summed E-state index contributed by atoms with van der Waals surface area (Å²) in [6.07, 6.45) is 6.51. The van der Waals surface area contributed by atoms with Crippen molar-refractivity contribution in [2.75, 3.05) is 11.9 Å². The van der Waals surface area contributed by atoms with Crippen LogP contribution in [0.4, 0.5) is 5.69 Å². The zero-order valence-corrected chi connectivity index (χ0v) is 15.1. The number of hydrogen-bond donors (Lipinski definition) is 1. The number of rotatable bonds is 5. The monoisotopic (exact) mass is 351 g/mol. The third-order valence-electron chi connectivity index (χ3n) is 5.14. The molecule has 5 heteroatoms. The highest BCUT2D eigenvalue weighted by Gasteiger charge is 2.31. The lowest BCUT2D eigenvalue weighted by molar-refractivity contribution is -0.129. The normalized spacial score (nSPS) is 19.6. The van der Waals surface area contributed by atoms with E-state index in [0.717, 1.165) is 36.9 Å². The predicted molar refractivity (Wildman–Crippen MR) is 101 cm³/mol. The molecule has 1 N–H and O–H groups in total. The van der Waals surface area contributed by atoms with Crippen molar-refractivity contribution in [3.8, 4) is 0 Å². The van der Waals surface area contributed by atoms with Crippen LogP contribution in [-0.4, -0.2) is 23.8 Å². The van der Waals surface area contributed by atoms with E-state index in [2.05, 4.69) is 10.3 Å². The van der Waals surface area contributed by atoms with Gasteiger partial charge in [-0.25, -0.2) is 0 Å². The molecule has 1 aliphatic carbocycles. The van der Waals surface area contributed by atoms with Gasteiger partial charge in [0.15, 0.2) is 0 Å². The molecule has 0 atom stereocenters. The van der Waals surface area contributed by atoms with Crippen molar-refractivity contribution in [1.82, 2.24) is 10.3 Å². The van der Waals surface area contributed by atoms with E-state index in [1.807, 2.05) is 49.5 Å². The topological polar surface area (TPSA) is 62.3 Å². The second-order valence-corrected chi connectivity index (χ2v) is 6.85. The number of hydrogen-bond acceptors (Lipinski definition) is 3. The molecule has 1 heterocycles. The van der Waals surface area contributed by atoms with Crippen LogP contribution in [0.3, 0.4) is 0 Å². The molecule has 1 saturated carbocycles. The first-order chi connectivity index (χ1) is 12.6. The van der Waals surface area contributed by atoms with Gasteiger partial charge in [-0.2, -0.15) is 0 Å². The Morgan fingerprint density at radius 3 is 2.27 bits per heavy atom. The van der Waals surface area contributed by atoms with Crippen LogP contribution in [0.1, 0.15) is 31.2 Å². The van der Waals surface area contributed by atoms with E-state index in [9.17, 15) is 9.59 Å². The van der Waals surface area contributed by atoms with Gasteiger partial charge in [-0.1, -0.05) is 18.2 Å². The molecule has 0 saturated heterocycles. The molecule has 0 radical (unpaired) electrons. The molecule has 136 valence electrons. The number of carbonyl (C=O) groups is 2. The molecule has 0 spiro atoms. The average Bonchev–Trinajstić information content (AvgIpc) is 2.72. The van der Waals surface area contributed by atoms with Crippen LogP contribution < -0.4 is 10.2 Å². The summed E-state index contributed by atoms with van der Waals surface area (Å²) >= 11 is 0. The number of nitrogens with zero attached hydrogens (tertiary/aromatic N) is 2. The van der Waals surface area contributed by atoms with Gasteiger partial charge in [0.1, 0.15) is 0 Å². The highest BCUT2D eigenvalue weighted by Crippen LogP contribution is 2.31. The van der Waals surface area contributed by atoms with Crippen LogP contribution in [0.2, 0.25) is 0 Å². The van der Waals surface area contributed by atoms with Crippen molar-refractivity contribution in [1.29, 1.82) is 0 Å². The second-order valence-electron chi connectivity index (χ2n) is 6.85. The summed E-state index contributed by atoms with van der Waals surface area (Å²) in [6, 6.07) is 13.5. The molecule has 3 rings (SSSR count). The summed E-state index contributed by atoms with van der Waals surface area (Å²) in [7, 11) is 1.82. The molecule has 5 nitrogen and oxygen atoms in total. The van der Waals surface area contributed by atoms with Crippen molar-refractivity contribution < 1.29 is 9.59 Å². The molecule has 0 aliphatic heterocycles. The lowest BCUT2D eigenvalue weighted by Crippen LogP contribution is -2.38. The van der Waals surface area contributed by atoms with Crippen molar-refractivity contribution in [3.63, 3.8) is 0 Å². The molecular weight excluding hydrogens is 326 g/mol. The minimum Gasteiger partial charge on any atom is -0.352 e. The van der Waals surface area contributed by atoms with Gasteiger partial charge in [-0.15, -0.1) is 0 Å². The van der Waals surface area contributed by atoms with Gasteiger partial charge < -0.3 is 10.2 Å². The Balaban J connectivity index is 1.47. The number of benzene rings is 1. The van der Waals surface area contributed by atoms with E-state index in [1.54, 1.807) is 17.3 Å². The Hall–Kier alpha value is -2.69. The molecule has 1 fully saturated rings. The van der Waals surface area contributed by atoms with E-state index in [0.29, 0.717) is 6.54 Å². The number of carbonyl (C=O) groups excluding carboxylic acids is 2. The first kappa shape index (κ1) is 18.1. The fraction of sp³-hybridized carbons (Fsp3) is 0.381. The smallest absolute Gasteiger partial charge is 0.229 e. The van der Waals surface area contributed by atoms with Crippen molar-refractivity contribution >= 4 is 17.5 Å². The third-order valence-corrected chi connectivity index (χ3v) is 5.14. The Bertz CT molecular complexity index is 725. The number of amides is 2. The van der Waals surface area contributed by atoms with Gasteiger partial charge in [-0.05, 0) is 55.5 Å². The highest BCUT2D eigenvalue weighted by atomic mass is 16.2. The van der Waals surface area contributed by atoms with Gasteiger partial charge in [0.25, 0.3) is 0 Å². The zero-order valence-electron chi connectivity index (χ0n) is 15.1. The van der Waals surface area contributed by atoms with Crippen molar-refractivity contribution in [3.05, 3.63) is 60.4 Å². The minimum absolute atomic E-state index is 0.00270. The summed E-state index contributed by atoms with van der Waals surface area (Å²) < 4.78 is 0. The van der Waals surface area contributed by atoms with Crippen LogP contribution in [0.5, 0.6) is 0 Å². The van der Waals surface area contributed by atoms with Crippen molar-refractivity contribution in [2.45, 2.75) is 32.2 Å². The SMILES string of the molecule is CN(C(=O)C1CCC(C(=O)NCc2ccncc2)CC1)c1ccccc1. The molecule has 0 unspecified atom stereocenters. The summed E-state index contributed by atoms with van der Waals surface area (Å²) in [5, 5.41) is 3.00.